The number of para-hydroxylation sites is 1. The third kappa shape index (κ3) is 5.84. The van der Waals surface area contributed by atoms with Crippen molar-refractivity contribution in [2.75, 3.05) is 55.9 Å². The molecule has 11 heteroatoms. The predicted molar refractivity (Wildman–Crippen MR) is 143 cm³/mol. The molecule has 1 atom stereocenters. The Balaban J connectivity index is 1.72. The highest BCUT2D eigenvalue weighted by molar-refractivity contribution is 6.05. The molecule has 2 heterocycles. The van der Waals surface area contributed by atoms with Crippen LogP contribution in [0.15, 0.2) is 47.3 Å². The highest BCUT2D eigenvalue weighted by Crippen LogP contribution is 2.38. The SMILES string of the molecule is CNCc1c(NCCOC)ccc(NC(=O)c2ccc(=O)n(-c3c(F)cccc3F)n2)c1N1CC[C@H](C)C1. The van der Waals surface area contributed by atoms with Crippen molar-refractivity contribution in [3.8, 4) is 5.69 Å². The second-order valence-corrected chi connectivity index (χ2v) is 9.27. The summed E-state index contributed by atoms with van der Waals surface area (Å²) in [5.74, 6) is -2.04. The van der Waals surface area contributed by atoms with Crippen LogP contribution < -0.4 is 26.4 Å². The van der Waals surface area contributed by atoms with Crippen LogP contribution in [0.5, 0.6) is 0 Å². The van der Waals surface area contributed by atoms with E-state index in [-0.39, 0.29) is 5.69 Å². The summed E-state index contributed by atoms with van der Waals surface area (Å²) in [6, 6.07) is 9.24. The van der Waals surface area contributed by atoms with Gasteiger partial charge in [0.1, 0.15) is 11.4 Å². The first-order valence-electron chi connectivity index (χ1n) is 12.5. The van der Waals surface area contributed by atoms with Crippen LogP contribution in [0.4, 0.5) is 25.8 Å². The third-order valence-electron chi connectivity index (χ3n) is 6.43. The van der Waals surface area contributed by atoms with E-state index in [1.807, 2.05) is 19.2 Å². The van der Waals surface area contributed by atoms with E-state index in [9.17, 15) is 18.4 Å². The molecule has 0 bridgehead atoms. The van der Waals surface area contributed by atoms with Gasteiger partial charge in [-0.25, -0.2) is 8.78 Å². The van der Waals surface area contributed by atoms with Crippen molar-refractivity contribution in [3.05, 3.63) is 75.7 Å². The van der Waals surface area contributed by atoms with E-state index < -0.39 is 28.8 Å². The van der Waals surface area contributed by atoms with E-state index in [0.717, 1.165) is 54.6 Å². The van der Waals surface area contributed by atoms with Gasteiger partial charge in [-0.05, 0) is 49.7 Å². The van der Waals surface area contributed by atoms with Crippen LogP contribution in [0.3, 0.4) is 0 Å². The number of rotatable bonds is 10. The second kappa shape index (κ2) is 12.1. The molecule has 0 radical (unpaired) electrons. The Hall–Kier alpha value is -3.83. The van der Waals surface area contributed by atoms with Crippen molar-refractivity contribution in [3.63, 3.8) is 0 Å². The highest BCUT2D eigenvalue weighted by Gasteiger charge is 2.26. The quantitative estimate of drug-likeness (QED) is 0.348. The molecule has 1 amide bonds. The van der Waals surface area contributed by atoms with Gasteiger partial charge in [0.25, 0.3) is 11.5 Å². The molecule has 3 aromatic rings. The number of aromatic nitrogens is 2. The fourth-order valence-corrected chi connectivity index (χ4v) is 4.62. The van der Waals surface area contributed by atoms with E-state index in [4.69, 9.17) is 4.74 Å². The van der Waals surface area contributed by atoms with Crippen molar-refractivity contribution in [1.82, 2.24) is 15.1 Å². The van der Waals surface area contributed by atoms with Gasteiger partial charge in [-0.15, -0.1) is 0 Å². The fourth-order valence-electron chi connectivity index (χ4n) is 4.62. The van der Waals surface area contributed by atoms with Gasteiger partial charge in [-0.3, -0.25) is 9.59 Å². The zero-order valence-electron chi connectivity index (χ0n) is 21.7. The lowest BCUT2D eigenvalue weighted by Gasteiger charge is -2.27. The molecule has 4 rings (SSSR count). The molecule has 3 N–H and O–H groups in total. The fraction of sp³-hybridized carbons (Fsp3) is 0.370. The summed E-state index contributed by atoms with van der Waals surface area (Å²) >= 11 is 0. The number of hydrogen-bond acceptors (Lipinski definition) is 7. The van der Waals surface area contributed by atoms with Crippen molar-refractivity contribution < 1.29 is 18.3 Å². The van der Waals surface area contributed by atoms with Crippen molar-refractivity contribution in [1.29, 1.82) is 0 Å². The minimum atomic E-state index is -0.962. The number of halogens is 2. The lowest BCUT2D eigenvalue weighted by atomic mass is 10.1. The highest BCUT2D eigenvalue weighted by atomic mass is 19.1. The molecule has 1 aliphatic rings. The molecule has 2 aromatic carbocycles. The lowest BCUT2D eigenvalue weighted by Crippen LogP contribution is -2.28. The molecule has 0 unspecified atom stereocenters. The number of ether oxygens (including phenoxy) is 1. The van der Waals surface area contributed by atoms with Crippen LogP contribution in [-0.4, -0.2) is 56.1 Å². The number of nitrogens with zero attached hydrogens (tertiary/aromatic N) is 3. The van der Waals surface area contributed by atoms with Crippen LogP contribution in [0, 0.1) is 17.6 Å². The van der Waals surface area contributed by atoms with Gasteiger partial charge in [0.15, 0.2) is 11.6 Å². The number of methoxy groups -OCH3 is 1. The van der Waals surface area contributed by atoms with Crippen LogP contribution in [-0.2, 0) is 11.3 Å². The Labute approximate surface area is 219 Å². The molecule has 0 saturated carbocycles. The first-order chi connectivity index (χ1) is 18.3. The Bertz CT molecular complexity index is 1340. The summed E-state index contributed by atoms with van der Waals surface area (Å²) in [6.45, 7) is 5.56. The Morgan fingerprint density at radius 2 is 1.84 bits per heavy atom. The van der Waals surface area contributed by atoms with Gasteiger partial charge < -0.3 is 25.6 Å². The topological polar surface area (TPSA) is 101 Å². The smallest absolute Gasteiger partial charge is 0.276 e. The maximum absolute atomic E-state index is 14.4. The lowest BCUT2D eigenvalue weighted by molar-refractivity contribution is 0.102. The van der Waals surface area contributed by atoms with Gasteiger partial charge in [-0.1, -0.05) is 13.0 Å². The molecular formula is C27H32F2N6O3. The summed E-state index contributed by atoms with van der Waals surface area (Å²) in [6.07, 6.45) is 1.02. The minimum absolute atomic E-state index is 0.162. The second-order valence-electron chi connectivity index (χ2n) is 9.27. The minimum Gasteiger partial charge on any atom is -0.383 e. The van der Waals surface area contributed by atoms with E-state index in [1.54, 1.807) is 7.11 Å². The van der Waals surface area contributed by atoms with Crippen LogP contribution in [0.2, 0.25) is 0 Å². The number of amides is 1. The van der Waals surface area contributed by atoms with Gasteiger partial charge in [0, 0.05) is 50.6 Å². The molecule has 202 valence electrons. The molecule has 1 aromatic heterocycles. The number of carbonyl (C=O) groups excluding carboxylic acids is 1. The van der Waals surface area contributed by atoms with Crippen LogP contribution in [0.25, 0.3) is 5.69 Å². The van der Waals surface area contributed by atoms with Crippen molar-refractivity contribution >= 4 is 23.0 Å². The number of nitrogens with one attached hydrogen (secondary N) is 3. The monoisotopic (exact) mass is 526 g/mol. The van der Waals surface area contributed by atoms with E-state index in [0.29, 0.717) is 36.0 Å². The average molecular weight is 527 g/mol. The molecule has 38 heavy (non-hydrogen) atoms. The zero-order chi connectivity index (χ0) is 27.2. The number of anilines is 3. The molecular weight excluding hydrogens is 494 g/mol. The number of hydrogen-bond donors (Lipinski definition) is 3. The van der Waals surface area contributed by atoms with E-state index >= 15 is 0 Å². The molecule has 1 saturated heterocycles. The van der Waals surface area contributed by atoms with Crippen LogP contribution >= 0.6 is 0 Å². The Morgan fingerprint density at radius 1 is 1.11 bits per heavy atom. The van der Waals surface area contributed by atoms with Gasteiger partial charge in [0.2, 0.25) is 0 Å². The molecule has 0 spiro atoms. The van der Waals surface area contributed by atoms with E-state index in [1.165, 1.54) is 12.1 Å². The van der Waals surface area contributed by atoms with Crippen LogP contribution in [0.1, 0.15) is 29.4 Å². The molecule has 1 aliphatic heterocycles. The van der Waals surface area contributed by atoms with E-state index in [2.05, 4.69) is 32.9 Å². The predicted octanol–water partition coefficient (Wildman–Crippen LogP) is 3.39. The Kier molecular flexibility index (Phi) is 8.70. The summed E-state index contributed by atoms with van der Waals surface area (Å²) in [4.78, 5) is 28.0. The molecule has 0 aliphatic carbocycles. The van der Waals surface area contributed by atoms with Crippen molar-refractivity contribution in [2.24, 2.45) is 5.92 Å². The Morgan fingerprint density at radius 3 is 2.50 bits per heavy atom. The molecule has 9 nitrogen and oxygen atoms in total. The first-order valence-corrected chi connectivity index (χ1v) is 12.5. The van der Waals surface area contributed by atoms with Crippen molar-refractivity contribution in [2.45, 2.75) is 19.9 Å². The number of benzene rings is 2. The summed E-state index contributed by atoms with van der Waals surface area (Å²) in [5.41, 5.74) is 1.80. The summed E-state index contributed by atoms with van der Waals surface area (Å²) in [7, 11) is 3.50. The largest absolute Gasteiger partial charge is 0.383 e. The maximum atomic E-state index is 14.4. The third-order valence-corrected chi connectivity index (χ3v) is 6.43. The number of carbonyl (C=O) groups is 1. The first kappa shape index (κ1) is 27.2. The molecule has 1 fully saturated rings. The standard InChI is InChI=1S/C27H32F2N6O3/c1-17-11-13-34(16-17)25-18(15-30-2)21(31-12-14-38-3)7-8-22(25)32-27(37)23-9-10-24(36)35(33-23)26-19(28)5-4-6-20(26)29/h4-10,17,30-31H,11-16H2,1-3H3,(H,32,37)/t17-/m0/s1. The van der Waals surface area contributed by atoms with Gasteiger partial charge >= 0.3 is 0 Å². The van der Waals surface area contributed by atoms with Gasteiger partial charge in [-0.2, -0.15) is 9.78 Å². The normalized spacial score (nSPS) is 15.1. The summed E-state index contributed by atoms with van der Waals surface area (Å²) < 4.78 is 34.4. The maximum Gasteiger partial charge on any atom is 0.276 e. The zero-order valence-corrected chi connectivity index (χ0v) is 21.7. The van der Waals surface area contributed by atoms with Gasteiger partial charge in [0.05, 0.1) is 18.0 Å². The average Bonchev–Trinajstić information content (AvgIpc) is 3.32. The summed E-state index contributed by atoms with van der Waals surface area (Å²) in [5, 5.41) is 13.5.